The lowest BCUT2D eigenvalue weighted by molar-refractivity contribution is -0.0980. The molecular weight excluding hydrogens is 505 g/mol. The predicted octanol–water partition coefficient (Wildman–Crippen LogP) is 5.71. The molecule has 2 aliphatic rings. The van der Waals surface area contributed by atoms with Crippen molar-refractivity contribution in [3.8, 4) is 0 Å². The highest BCUT2D eigenvalue weighted by atomic mass is 19.1. The average Bonchev–Trinajstić information content (AvgIpc) is 3.56. The zero-order valence-electron chi connectivity index (χ0n) is 24.8. The maximum absolute atomic E-state index is 14.1. The standard InChI is InChI=1S/C26H34FN7.C2H6.C2H4.CH2O/c1-16-8-9-22(29-4)19(11-16)18(3)33-10-6-5-7-24(33)23-12-25-30-26(17(2)13-34(25)31-23)32-14-20(27)21(28)15-32;3*1-2/h8-9,11-13,20-21,24,29H,3,5-7,10,14-15,28H2,1-2,4H3;1-2H3;1-2H2;1H2/t20?,21?,24-;;;/m0.../s1. The second kappa shape index (κ2) is 15.2. The van der Waals surface area contributed by atoms with Crippen molar-refractivity contribution < 1.29 is 9.18 Å². The lowest BCUT2D eigenvalue weighted by Crippen LogP contribution is -2.32. The molecule has 0 saturated carbocycles. The number of carbonyl (C=O) groups is 1. The highest BCUT2D eigenvalue weighted by molar-refractivity contribution is 5.75. The van der Waals surface area contributed by atoms with Crippen molar-refractivity contribution in [3.63, 3.8) is 0 Å². The molecule has 2 unspecified atom stereocenters. The van der Waals surface area contributed by atoms with Gasteiger partial charge in [0, 0.05) is 54.9 Å². The molecule has 0 radical (unpaired) electrons. The summed E-state index contributed by atoms with van der Waals surface area (Å²) in [6, 6.07) is 8.15. The molecule has 0 bridgehead atoms. The first-order valence-electron chi connectivity index (χ1n) is 13.9. The van der Waals surface area contributed by atoms with E-state index < -0.39 is 12.2 Å². The molecule has 8 nitrogen and oxygen atoms in total. The number of likely N-dealkylation sites (tertiary alicyclic amines) is 1. The number of rotatable bonds is 5. The lowest BCUT2D eigenvalue weighted by Gasteiger charge is -2.38. The Hall–Kier alpha value is -3.72. The van der Waals surface area contributed by atoms with Gasteiger partial charge in [-0.2, -0.15) is 5.10 Å². The van der Waals surface area contributed by atoms with Gasteiger partial charge < -0.3 is 25.6 Å². The molecule has 2 aliphatic heterocycles. The Morgan fingerprint density at radius 1 is 1.12 bits per heavy atom. The van der Waals surface area contributed by atoms with Gasteiger partial charge in [-0.3, -0.25) is 0 Å². The van der Waals surface area contributed by atoms with Crippen LogP contribution < -0.4 is 16.0 Å². The van der Waals surface area contributed by atoms with Gasteiger partial charge in [-0.05, 0) is 45.2 Å². The third-order valence-electron chi connectivity index (χ3n) is 7.16. The molecule has 1 aromatic carbocycles. The van der Waals surface area contributed by atoms with Gasteiger partial charge in [-0.1, -0.05) is 32.1 Å². The van der Waals surface area contributed by atoms with Crippen LogP contribution in [0.25, 0.3) is 11.3 Å². The van der Waals surface area contributed by atoms with E-state index in [9.17, 15) is 4.39 Å². The van der Waals surface area contributed by atoms with Crippen LogP contribution in [-0.2, 0) is 4.79 Å². The number of hydrogen-bond donors (Lipinski definition) is 2. The fraction of sp³-hybridized carbons (Fsp3) is 0.452. The van der Waals surface area contributed by atoms with E-state index in [1.165, 1.54) is 5.56 Å². The topological polar surface area (TPSA) is 91.8 Å². The average molecular weight is 552 g/mol. The third-order valence-corrected chi connectivity index (χ3v) is 7.16. The zero-order chi connectivity index (χ0) is 30.0. The predicted molar refractivity (Wildman–Crippen MR) is 166 cm³/mol. The maximum atomic E-state index is 14.1. The quantitative estimate of drug-likeness (QED) is 0.392. The second-order valence-electron chi connectivity index (χ2n) is 9.66. The number of hydrogen-bond acceptors (Lipinski definition) is 7. The van der Waals surface area contributed by atoms with Crippen molar-refractivity contribution in [1.29, 1.82) is 0 Å². The summed E-state index contributed by atoms with van der Waals surface area (Å²) in [5.41, 5.74) is 13.1. The number of fused-ring (bicyclic) bond motifs is 1. The van der Waals surface area contributed by atoms with Crippen LogP contribution in [0.3, 0.4) is 0 Å². The molecule has 0 amide bonds. The first kappa shape index (κ1) is 32.5. The van der Waals surface area contributed by atoms with Gasteiger partial charge in [0.1, 0.15) is 18.8 Å². The monoisotopic (exact) mass is 551 g/mol. The lowest BCUT2D eigenvalue weighted by atomic mass is 9.96. The molecule has 0 spiro atoms. The molecule has 2 fully saturated rings. The molecule has 40 heavy (non-hydrogen) atoms. The number of alkyl halides is 1. The number of anilines is 2. The Morgan fingerprint density at radius 3 is 2.45 bits per heavy atom. The summed E-state index contributed by atoms with van der Waals surface area (Å²) in [6.45, 7) is 22.3. The van der Waals surface area contributed by atoms with Crippen LogP contribution in [0.2, 0.25) is 0 Å². The number of piperidine rings is 1. The van der Waals surface area contributed by atoms with Crippen molar-refractivity contribution in [2.45, 2.75) is 65.2 Å². The van der Waals surface area contributed by atoms with E-state index in [0.717, 1.165) is 65.5 Å². The van der Waals surface area contributed by atoms with E-state index in [2.05, 4.69) is 61.1 Å². The van der Waals surface area contributed by atoms with Gasteiger partial charge in [-0.15, -0.1) is 13.2 Å². The third kappa shape index (κ3) is 6.88. The van der Waals surface area contributed by atoms with E-state index in [-0.39, 0.29) is 12.6 Å². The number of nitrogens with one attached hydrogen (secondary N) is 1. The molecule has 3 aromatic rings. The summed E-state index contributed by atoms with van der Waals surface area (Å²) >= 11 is 0. The molecule has 3 N–H and O–H groups in total. The van der Waals surface area contributed by atoms with Gasteiger partial charge in [0.25, 0.3) is 0 Å². The Labute approximate surface area is 238 Å². The largest absolute Gasteiger partial charge is 0.388 e. The van der Waals surface area contributed by atoms with Gasteiger partial charge >= 0.3 is 0 Å². The number of nitrogens with two attached hydrogens (primary N) is 1. The minimum atomic E-state index is -1.02. The van der Waals surface area contributed by atoms with Crippen molar-refractivity contribution in [3.05, 3.63) is 72.6 Å². The number of benzene rings is 1. The van der Waals surface area contributed by atoms with Crippen LogP contribution in [0.5, 0.6) is 0 Å². The smallest absolute Gasteiger partial charge is 0.157 e. The van der Waals surface area contributed by atoms with E-state index in [1.54, 1.807) is 0 Å². The first-order valence-corrected chi connectivity index (χ1v) is 13.9. The number of halogens is 1. The minimum absolute atomic E-state index is 0.132. The van der Waals surface area contributed by atoms with Crippen molar-refractivity contribution in [2.75, 3.05) is 36.9 Å². The highest BCUT2D eigenvalue weighted by Gasteiger charge is 2.32. The van der Waals surface area contributed by atoms with Crippen molar-refractivity contribution in [1.82, 2.24) is 19.5 Å². The van der Waals surface area contributed by atoms with E-state index in [1.807, 2.05) is 50.2 Å². The molecule has 4 heterocycles. The molecule has 9 heteroatoms. The van der Waals surface area contributed by atoms with Crippen LogP contribution in [0.4, 0.5) is 15.9 Å². The van der Waals surface area contributed by atoms with Crippen LogP contribution >= 0.6 is 0 Å². The molecule has 2 saturated heterocycles. The van der Waals surface area contributed by atoms with E-state index in [0.29, 0.717) is 6.54 Å². The summed E-state index contributed by atoms with van der Waals surface area (Å²) in [7, 11) is 1.95. The molecule has 218 valence electrons. The molecule has 0 aliphatic carbocycles. The SMILES string of the molecule is C=C.C=C(c1cc(C)ccc1NC)N1CCCC[C@H]1c1cc2nc(N3CC(N)C(F)C3)c(C)cn2n1.C=O.CC. The number of nitrogens with zero attached hydrogens (tertiary/aromatic N) is 5. The summed E-state index contributed by atoms with van der Waals surface area (Å²) in [6.07, 6.45) is 4.25. The van der Waals surface area contributed by atoms with Crippen LogP contribution in [0, 0.1) is 13.8 Å². The van der Waals surface area contributed by atoms with Gasteiger partial charge in [0.2, 0.25) is 0 Å². The highest BCUT2D eigenvalue weighted by Crippen LogP contribution is 2.38. The van der Waals surface area contributed by atoms with Crippen molar-refractivity contribution >= 4 is 29.6 Å². The van der Waals surface area contributed by atoms with Crippen LogP contribution in [-0.4, -0.2) is 65.2 Å². The summed E-state index contributed by atoms with van der Waals surface area (Å²) in [4.78, 5) is 17.2. The fourth-order valence-corrected chi connectivity index (χ4v) is 5.30. The zero-order valence-corrected chi connectivity index (χ0v) is 24.8. The summed E-state index contributed by atoms with van der Waals surface area (Å²) < 4.78 is 15.9. The molecule has 2 aromatic heterocycles. The Kier molecular flexibility index (Phi) is 12.3. The second-order valence-corrected chi connectivity index (χ2v) is 9.66. The normalized spacial score (nSPS) is 19.9. The summed E-state index contributed by atoms with van der Waals surface area (Å²) in [5, 5.41) is 8.23. The fourth-order valence-electron chi connectivity index (χ4n) is 5.30. The first-order chi connectivity index (χ1) is 19.4. The minimum Gasteiger partial charge on any atom is -0.388 e. The Balaban J connectivity index is 0.000000876. The Morgan fingerprint density at radius 2 is 1.82 bits per heavy atom. The Bertz CT molecular complexity index is 1250. The molecule has 3 atom stereocenters. The van der Waals surface area contributed by atoms with Crippen LogP contribution in [0.1, 0.15) is 61.5 Å². The van der Waals surface area contributed by atoms with Crippen LogP contribution in [0.15, 0.2) is 50.2 Å². The summed E-state index contributed by atoms with van der Waals surface area (Å²) in [5.74, 6) is 0.790. The van der Waals surface area contributed by atoms with Gasteiger partial charge in [0.05, 0.1) is 24.3 Å². The van der Waals surface area contributed by atoms with Gasteiger partial charge in [0.15, 0.2) is 5.65 Å². The maximum Gasteiger partial charge on any atom is 0.157 e. The molecule has 5 rings (SSSR count). The number of aromatic nitrogens is 3. The van der Waals surface area contributed by atoms with Crippen molar-refractivity contribution in [2.24, 2.45) is 5.73 Å². The number of carbonyl (C=O) groups excluding carboxylic acids is 1. The van der Waals surface area contributed by atoms with E-state index in [4.69, 9.17) is 20.6 Å². The van der Waals surface area contributed by atoms with Gasteiger partial charge in [-0.25, -0.2) is 13.9 Å². The molecular formula is C31H46FN7O. The van der Waals surface area contributed by atoms with E-state index >= 15 is 0 Å². The number of aryl methyl sites for hydroxylation is 2.